The van der Waals surface area contributed by atoms with Crippen LogP contribution in [0.2, 0.25) is 0 Å². The normalized spacial score (nSPS) is 11.1. The highest BCUT2D eigenvalue weighted by Crippen LogP contribution is 2.12. The molecule has 0 aliphatic carbocycles. The summed E-state index contributed by atoms with van der Waals surface area (Å²) in [4.78, 5) is 0. The predicted octanol–water partition coefficient (Wildman–Crippen LogP) is 2.20. The topological polar surface area (TPSA) is 35.9 Å². The molecule has 0 heterocycles. The van der Waals surface area contributed by atoms with E-state index < -0.39 is 0 Å². The van der Waals surface area contributed by atoms with Crippen molar-refractivity contribution in [2.75, 3.05) is 7.05 Å². The summed E-state index contributed by atoms with van der Waals surface area (Å²) in [5, 5.41) is 10.2. The summed E-state index contributed by atoms with van der Waals surface area (Å²) in [7, 11) is 1.83. The lowest BCUT2D eigenvalue weighted by atomic mass is 10.1. The molecule has 0 aromatic heterocycles. The van der Waals surface area contributed by atoms with E-state index in [9.17, 15) is 0 Å². The Hall–Kier alpha value is -1.57. The third kappa shape index (κ3) is 2.44. The first-order valence-corrected chi connectivity index (χ1v) is 4.23. The smallest absolute Gasteiger partial charge is 0.0270 e. The van der Waals surface area contributed by atoms with Crippen LogP contribution in [0.4, 0.5) is 0 Å². The van der Waals surface area contributed by atoms with Gasteiger partial charge in [0.05, 0.1) is 0 Å². The molecule has 68 valence electrons. The third-order valence-electron chi connectivity index (χ3n) is 1.81. The Bertz CT molecular complexity index is 327. The Balaban J connectivity index is 3.05. The quantitative estimate of drug-likeness (QED) is 0.677. The van der Waals surface area contributed by atoms with Crippen molar-refractivity contribution < 1.29 is 0 Å². The molecule has 2 nitrogen and oxygen atoms in total. The number of rotatable bonds is 3. The van der Waals surface area contributed by atoms with Crippen molar-refractivity contribution in [3.8, 4) is 0 Å². The van der Waals surface area contributed by atoms with Crippen LogP contribution >= 0.6 is 0 Å². The summed E-state index contributed by atoms with van der Waals surface area (Å²) in [6, 6.07) is 8.11. The van der Waals surface area contributed by atoms with Crippen molar-refractivity contribution in [1.29, 1.82) is 5.41 Å². The van der Waals surface area contributed by atoms with Gasteiger partial charge in [0, 0.05) is 25.0 Å². The van der Waals surface area contributed by atoms with Gasteiger partial charge in [0.1, 0.15) is 0 Å². The van der Waals surface area contributed by atoms with E-state index in [1.807, 2.05) is 38.4 Å². The largest absolute Gasteiger partial charge is 0.393 e. The van der Waals surface area contributed by atoms with Crippen LogP contribution in [0.5, 0.6) is 0 Å². The maximum atomic E-state index is 7.24. The van der Waals surface area contributed by atoms with Crippen LogP contribution in [-0.4, -0.2) is 13.3 Å². The lowest BCUT2D eigenvalue weighted by Gasteiger charge is -2.02. The number of aryl methyl sites for hydroxylation is 1. The number of hydrogen-bond acceptors (Lipinski definition) is 2. The monoisotopic (exact) mass is 174 g/mol. The fourth-order valence-electron chi connectivity index (χ4n) is 1.19. The summed E-state index contributed by atoms with van der Waals surface area (Å²) in [5.41, 5.74) is 3.18. The second-order valence-electron chi connectivity index (χ2n) is 2.90. The Morgan fingerprint density at radius 3 is 2.77 bits per heavy atom. The first-order chi connectivity index (χ1) is 6.27. The molecule has 2 heteroatoms. The van der Waals surface area contributed by atoms with Crippen molar-refractivity contribution in [2.24, 2.45) is 0 Å². The minimum atomic E-state index is 0.895. The van der Waals surface area contributed by atoms with E-state index in [0.717, 1.165) is 11.1 Å². The highest BCUT2D eigenvalue weighted by atomic mass is 14.8. The van der Waals surface area contributed by atoms with Gasteiger partial charge in [0.2, 0.25) is 0 Å². The maximum absolute atomic E-state index is 7.24. The van der Waals surface area contributed by atoms with Gasteiger partial charge >= 0.3 is 0 Å². The molecule has 0 saturated heterocycles. The van der Waals surface area contributed by atoms with E-state index in [1.54, 1.807) is 0 Å². The van der Waals surface area contributed by atoms with Gasteiger partial charge in [0.25, 0.3) is 0 Å². The first-order valence-electron chi connectivity index (χ1n) is 4.23. The third-order valence-corrected chi connectivity index (χ3v) is 1.81. The summed E-state index contributed by atoms with van der Waals surface area (Å²) in [6.45, 7) is 2.05. The molecule has 1 aromatic rings. The molecule has 1 rings (SSSR count). The zero-order valence-electron chi connectivity index (χ0n) is 7.96. The van der Waals surface area contributed by atoms with Crippen LogP contribution in [0.3, 0.4) is 0 Å². The SMILES string of the molecule is CN/C=C(\C=N)c1cccc(C)c1. The Labute approximate surface area is 78.8 Å². The number of nitrogens with one attached hydrogen (secondary N) is 2. The average molecular weight is 174 g/mol. The molecule has 0 atom stereocenters. The van der Waals surface area contributed by atoms with Crippen LogP contribution in [0.25, 0.3) is 5.57 Å². The zero-order valence-corrected chi connectivity index (χ0v) is 7.96. The molecule has 0 bridgehead atoms. The Kier molecular flexibility index (Phi) is 3.26. The second kappa shape index (κ2) is 4.45. The number of allylic oxidation sites excluding steroid dienone is 1. The molecule has 13 heavy (non-hydrogen) atoms. The minimum Gasteiger partial charge on any atom is -0.393 e. The molecule has 0 aliphatic rings. The predicted molar refractivity (Wildman–Crippen MR) is 57.0 cm³/mol. The van der Waals surface area contributed by atoms with Crippen LogP contribution < -0.4 is 5.32 Å². The Morgan fingerprint density at radius 1 is 1.46 bits per heavy atom. The van der Waals surface area contributed by atoms with Gasteiger partial charge in [-0.3, -0.25) is 0 Å². The molecule has 0 fully saturated rings. The maximum Gasteiger partial charge on any atom is 0.0270 e. The molecule has 0 aliphatic heterocycles. The Morgan fingerprint density at radius 2 is 2.23 bits per heavy atom. The standard InChI is InChI=1S/C11H14N2/c1-9-4-3-5-10(6-9)11(7-12)8-13-2/h3-8,12-13H,1-2H3/b11-8+,12-7?. The zero-order chi connectivity index (χ0) is 9.68. The van der Waals surface area contributed by atoms with Crippen molar-refractivity contribution in [1.82, 2.24) is 5.32 Å². The summed E-state index contributed by atoms with van der Waals surface area (Å²) < 4.78 is 0. The highest BCUT2D eigenvalue weighted by Gasteiger charge is 1.96. The van der Waals surface area contributed by atoms with Gasteiger partial charge in [-0.1, -0.05) is 29.8 Å². The summed E-state index contributed by atoms with van der Waals surface area (Å²) in [6.07, 6.45) is 3.17. The lowest BCUT2D eigenvalue weighted by Crippen LogP contribution is -1.97. The van der Waals surface area contributed by atoms with E-state index >= 15 is 0 Å². The molecule has 0 radical (unpaired) electrons. The van der Waals surface area contributed by atoms with Gasteiger partial charge in [-0.2, -0.15) is 0 Å². The van der Waals surface area contributed by atoms with Crippen molar-refractivity contribution >= 4 is 11.8 Å². The van der Waals surface area contributed by atoms with Crippen LogP contribution in [-0.2, 0) is 0 Å². The van der Waals surface area contributed by atoms with Gasteiger partial charge in [-0.25, -0.2) is 0 Å². The number of benzene rings is 1. The van der Waals surface area contributed by atoms with Gasteiger partial charge in [-0.05, 0) is 12.5 Å². The fraction of sp³-hybridized carbons (Fsp3) is 0.182. The van der Waals surface area contributed by atoms with Crippen LogP contribution in [0.1, 0.15) is 11.1 Å². The van der Waals surface area contributed by atoms with E-state index in [1.165, 1.54) is 11.8 Å². The first kappa shape index (κ1) is 9.52. The molecule has 2 N–H and O–H groups in total. The van der Waals surface area contributed by atoms with E-state index in [4.69, 9.17) is 5.41 Å². The number of hydrogen-bond donors (Lipinski definition) is 2. The van der Waals surface area contributed by atoms with E-state index in [-0.39, 0.29) is 0 Å². The van der Waals surface area contributed by atoms with E-state index in [0.29, 0.717) is 0 Å². The van der Waals surface area contributed by atoms with E-state index in [2.05, 4.69) is 11.4 Å². The molecule has 0 spiro atoms. The summed E-state index contributed by atoms with van der Waals surface area (Å²) >= 11 is 0. The molecular formula is C11H14N2. The highest BCUT2D eigenvalue weighted by molar-refractivity contribution is 6.08. The molecular weight excluding hydrogens is 160 g/mol. The minimum absolute atomic E-state index is 0.895. The molecule has 0 amide bonds. The second-order valence-corrected chi connectivity index (χ2v) is 2.90. The fourth-order valence-corrected chi connectivity index (χ4v) is 1.19. The molecule has 0 unspecified atom stereocenters. The van der Waals surface area contributed by atoms with Gasteiger partial charge in [-0.15, -0.1) is 0 Å². The summed E-state index contributed by atoms with van der Waals surface area (Å²) in [5.74, 6) is 0. The van der Waals surface area contributed by atoms with Crippen molar-refractivity contribution in [3.63, 3.8) is 0 Å². The molecule has 0 saturated carbocycles. The van der Waals surface area contributed by atoms with Gasteiger partial charge in [0.15, 0.2) is 0 Å². The van der Waals surface area contributed by atoms with Gasteiger partial charge < -0.3 is 10.7 Å². The average Bonchev–Trinajstić information content (AvgIpc) is 2.14. The van der Waals surface area contributed by atoms with Crippen LogP contribution in [0.15, 0.2) is 30.5 Å². The lowest BCUT2D eigenvalue weighted by molar-refractivity contribution is 1.11. The molecule has 1 aromatic carbocycles. The van der Waals surface area contributed by atoms with Crippen molar-refractivity contribution in [3.05, 3.63) is 41.6 Å². The van der Waals surface area contributed by atoms with Crippen LogP contribution in [0, 0.1) is 12.3 Å². The van der Waals surface area contributed by atoms with Crippen molar-refractivity contribution in [2.45, 2.75) is 6.92 Å².